The summed E-state index contributed by atoms with van der Waals surface area (Å²) in [7, 11) is 1.24. The predicted octanol–water partition coefficient (Wildman–Crippen LogP) is 6.38. The van der Waals surface area contributed by atoms with Gasteiger partial charge in [0.1, 0.15) is 24.1 Å². The molecule has 0 saturated heterocycles. The number of benzene rings is 4. The Hall–Kier alpha value is -4.75. The van der Waals surface area contributed by atoms with Crippen LogP contribution in [0.5, 0.6) is 23.0 Å². The van der Waals surface area contributed by atoms with Gasteiger partial charge in [-0.25, -0.2) is 8.42 Å². The summed E-state index contributed by atoms with van der Waals surface area (Å²) in [6.45, 7) is -0.635. The van der Waals surface area contributed by atoms with Gasteiger partial charge in [-0.15, -0.1) is 0 Å². The Balaban J connectivity index is 1.64. The fraction of sp³-hybridized carbons (Fsp3) is 0.333. The van der Waals surface area contributed by atoms with E-state index in [0.717, 1.165) is 45.6 Å². The molecular formula is C39H44BrN3O8S. The highest BCUT2D eigenvalue weighted by molar-refractivity contribution is 9.10. The lowest BCUT2D eigenvalue weighted by molar-refractivity contribution is -0.140. The number of nitrogens with zero attached hydrogens (tertiary/aromatic N) is 2. The fourth-order valence-electron chi connectivity index (χ4n) is 6.36. The third-order valence-electron chi connectivity index (χ3n) is 9.09. The molecule has 0 aliphatic heterocycles. The van der Waals surface area contributed by atoms with Gasteiger partial charge in [-0.1, -0.05) is 71.2 Å². The molecule has 0 radical (unpaired) electrons. The smallest absolute Gasteiger partial charge is 0.265 e. The molecular weight excluding hydrogens is 750 g/mol. The maximum Gasteiger partial charge on any atom is 0.265 e. The molecule has 1 atom stereocenters. The third kappa shape index (κ3) is 9.18. The average molecular weight is 795 g/mol. The fourth-order valence-corrected chi connectivity index (χ4v) is 8.24. The van der Waals surface area contributed by atoms with Crippen LogP contribution in [0, 0.1) is 0 Å². The Kier molecular flexibility index (Phi) is 13.1. The molecule has 1 aliphatic rings. The molecule has 5 rings (SSSR count). The van der Waals surface area contributed by atoms with E-state index in [1.807, 2.05) is 54.6 Å². The van der Waals surface area contributed by atoms with Gasteiger partial charge in [0.2, 0.25) is 11.8 Å². The second kappa shape index (κ2) is 17.6. The Morgan fingerprint density at radius 2 is 1.46 bits per heavy atom. The van der Waals surface area contributed by atoms with Crippen LogP contribution in [0.15, 0.2) is 100 Å². The van der Waals surface area contributed by atoms with Crippen molar-refractivity contribution in [2.45, 2.75) is 55.6 Å². The highest BCUT2D eigenvalue weighted by atomic mass is 79.9. The number of rotatable bonds is 16. The zero-order chi connectivity index (χ0) is 37.3. The summed E-state index contributed by atoms with van der Waals surface area (Å²) in [5.74, 6) is 0.162. The van der Waals surface area contributed by atoms with Crippen LogP contribution in [0.4, 0.5) is 5.69 Å². The van der Waals surface area contributed by atoms with Crippen LogP contribution in [0.2, 0.25) is 0 Å². The van der Waals surface area contributed by atoms with E-state index in [1.54, 1.807) is 12.1 Å². The Morgan fingerprint density at radius 3 is 2.12 bits per heavy atom. The van der Waals surface area contributed by atoms with Crippen LogP contribution in [0.3, 0.4) is 0 Å². The summed E-state index contributed by atoms with van der Waals surface area (Å²) in [5, 5.41) is 3.19. The van der Waals surface area contributed by atoms with E-state index in [0.29, 0.717) is 11.5 Å². The minimum Gasteiger partial charge on any atom is -0.497 e. The summed E-state index contributed by atoms with van der Waals surface area (Å²) >= 11 is 3.53. The predicted molar refractivity (Wildman–Crippen MR) is 203 cm³/mol. The first-order valence-corrected chi connectivity index (χ1v) is 19.2. The summed E-state index contributed by atoms with van der Waals surface area (Å²) in [5.41, 5.74) is 1.68. The maximum absolute atomic E-state index is 15.0. The molecule has 1 aliphatic carbocycles. The van der Waals surface area contributed by atoms with E-state index in [1.165, 1.54) is 57.6 Å². The van der Waals surface area contributed by atoms with Gasteiger partial charge in [-0.05, 0) is 60.4 Å². The molecule has 2 amide bonds. The SMILES string of the molecule is COc1ccc(OC)c(N(CC(=O)N(Cc2cccc(Br)c2)[C@@H](Cc2ccccc2)C(=O)NC2CCCC2)S(=O)(=O)c2ccc(OC)c(OC)c2)c1. The first kappa shape index (κ1) is 38.5. The van der Waals surface area contributed by atoms with Gasteiger partial charge in [-0.3, -0.25) is 13.9 Å². The van der Waals surface area contributed by atoms with E-state index in [-0.39, 0.29) is 47.0 Å². The number of amides is 2. The lowest BCUT2D eigenvalue weighted by Crippen LogP contribution is -2.54. The van der Waals surface area contributed by atoms with E-state index < -0.39 is 28.5 Å². The number of hydrogen-bond donors (Lipinski definition) is 1. The van der Waals surface area contributed by atoms with Crippen molar-refractivity contribution in [1.82, 2.24) is 10.2 Å². The first-order valence-electron chi connectivity index (χ1n) is 16.9. The third-order valence-corrected chi connectivity index (χ3v) is 11.3. The van der Waals surface area contributed by atoms with Crippen molar-refractivity contribution in [3.63, 3.8) is 0 Å². The highest BCUT2D eigenvalue weighted by Crippen LogP contribution is 2.38. The van der Waals surface area contributed by atoms with Crippen molar-refractivity contribution in [3.05, 3.63) is 107 Å². The molecule has 0 bridgehead atoms. The normalized spacial score (nSPS) is 13.6. The van der Waals surface area contributed by atoms with Crippen molar-refractivity contribution in [2.75, 3.05) is 39.3 Å². The highest BCUT2D eigenvalue weighted by Gasteiger charge is 2.37. The Bertz CT molecular complexity index is 1950. The van der Waals surface area contributed by atoms with Crippen LogP contribution in [0.1, 0.15) is 36.8 Å². The standard InChI is InChI=1S/C39H44BrN3O8S/c1-48-31-17-19-35(49-2)33(23-31)43(52(46,47)32-18-20-36(50-3)37(24-32)51-4)26-38(44)42(25-28-13-10-14-29(40)21-28)34(22-27-11-6-5-7-12-27)39(45)41-30-15-8-9-16-30/h5-7,10-14,17-21,23-24,30,34H,8-9,15-16,22,25-26H2,1-4H3,(H,41,45)/t34-/m0/s1. The van der Waals surface area contributed by atoms with Crippen molar-refractivity contribution in [2.24, 2.45) is 0 Å². The van der Waals surface area contributed by atoms with Gasteiger partial charge >= 0.3 is 0 Å². The summed E-state index contributed by atoms with van der Waals surface area (Å²) < 4.78 is 53.1. The number of methoxy groups -OCH3 is 4. The monoisotopic (exact) mass is 793 g/mol. The lowest BCUT2D eigenvalue weighted by atomic mass is 10.0. The van der Waals surface area contributed by atoms with E-state index in [2.05, 4.69) is 21.2 Å². The summed E-state index contributed by atoms with van der Waals surface area (Å²) in [6, 6.07) is 24.9. The maximum atomic E-state index is 15.0. The van der Waals surface area contributed by atoms with Crippen molar-refractivity contribution >= 4 is 43.5 Å². The van der Waals surface area contributed by atoms with Gasteiger partial charge in [0.25, 0.3) is 10.0 Å². The number of anilines is 1. The zero-order valence-corrected chi connectivity index (χ0v) is 32.1. The number of hydrogen-bond acceptors (Lipinski definition) is 8. The van der Waals surface area contributed by atoms with Gasteiger partial charge in [-0.2, -0.15) is 0 Å². The second-order valence-corrected chi connectivity index (χ2v) is 15.2. The molecule has 0 heterocycles. The minimum atomic E-state index is -4.49. The van der Waals surface area contributed by atoms with Crippen LogP contribution in [-0.4, -0.2) is 72.2 Å². The number of carbonyl (C=O) groups is 2. The molecule has 0 spiro atoms. The zero-order valence-electron chi connectivity index (χ0n) is 29.7. The van der Waals surface area contributed by atoms with Gasteiger partial charge < -0.3 is 29.2 Å². The summed E-state index contributed by atoms with van der Waals surface area (Å²) in [4.78, 5) is 30.6. The number of halogens is 1. The summed E-state index contributed by atoms with van der Waals surface area (Å²) in [6.07, 6.45) is 3.96. The lowest BCUT2D eigenvalue weighted by Gasteiger charge is -2.34. The molecule has 1 fully saturated rings. The molecule has 13 heteroatoms. The molecule has 1 saturated carbocycles. The molecule has 276 valence electrons. The van der Waals surface area contributed by atoms with E-state index >= 15 is 0 Å². The molecule has 4 aromatic carbocycles. The van der Waals surface area contributed by atoms with Crippen LogP contribution in [0.25, 0.3) is 0 Å². The van der Waals surface area contributed by atoms with E-state index in [4.69, 9.17) is 18.9 Å². The molecule has 4 aromatic rings. The van der Waals surface area contributed by atoms with Gasteiger partial charge in [0, 0.05) is 35.6 Å². The van der Waals surface area contributed by atoms with Crippen LogP contribution >= 0.6 is 15.9 Å². The molecule has 0 aromatic heterocycles. The van der Waals surface area contributed by atoms with Crippen molar-refractivity contribution in [1.29, 1.82) is 0 Å². The number of ether oxygens (including phenoxy) is 4. The molecule has 11 nitrogen and oxygen atoms in total. The minimum absolute atomic E-state index is 0.00318. The average Bonchev–Trinajstić information content (AvgIpc) is 3.67. The topological polar surface area (TPSA) is 124 Å². The molecule has 0 unspecified atom stereocenters. The molecule has 1 N–H and O–H groups in total. The number of carbonyl (C=O) groups excluding carboxylic acids is 2. The van der Waals surface area contributed by atoms with Crippen molar-refractivity contribution in [3.8, 4) is 23.0 Å². The van der Waals surface area contributed by atoms with Crippen LogP contribution in [-0.2, 0) is 32.6 Å². The Morgan fingerprint density at radius 1 is 0.788 bits per heavy atom. The Labute approximate surface area is 314 Å². The number of sulfonamides is 1. The number of nitrogens with one attached hydrogen (secondary N) is 1. The van der Waals surface area contributed by atoms with Gasteiger partial charge in [0.15, 0.2) is 11.5 Å². The van der Waals surface area contributed by atoms with Crippen LogP contribution < -0.4 is 28.6 Å². The molecule has 52 heavy (non-hydrogen) atoms. The quantitative estimate of drug-likeness (QED) is 0.139. The van der Waals surface area contributed by atoms with Crippen molar-refractivity contribution < 1.29 is 37.0 Å². The van der Waals surface area contributed by atoms with Gasteiger partial charge in [0.05, 0.1) is 39.0 Å². The van der Waals surface area contributed by atoms with E-state index in [9.17, 15) is 18.0 Å². The largest absolute Gasteiger partial charge is 0.497 e. The first-order chi connectivity index (χ1) is 25.1. The second-order valence-electron chi connectivity index (χ2n) is 12.4.